The van der Waals surface area contributed by atoms with Gasteiger partial charge in [-0.15, -0.1) is 0 Å². The third-order valence-corrected chi connectivity index (χ3v) is 2.99. The number of aliphatic imine (C=N–C) groups is 1. The number of nitrogens with one attached hydrogen (secondary N) is 1. The number of rotatable bonds is 3. The van der Waals surface area contributed by atoms with Crippen molar-refractivity contribution >= 4 is 23.5 Å². The maximum atomic E-state index is 11.9. The first-order valence-corrected chi connectivity index (χ1v) is 6.43. The van der Waals surface area contributed by atoms with Gasteiger partial charge in [-0.3, -0.25) is 19.5 Å². The van der Waals surface area contributed by atoms with Gasteiger partial charge >= 0.3 is 0 Å². The largest absolute Gasteiger partial charge is 0.370 e. The molecule has 1 aliphatic rings. The Labute approximate surface area is 117 Å². The second-order valence-electron chi connectivity index (χ2n) is 5.17. The van der Waals surface area contributed by atoms with Crippen LogP contribution in [-0.4, -0.2) is 36.3 Å². The van der Waals surface area contributed by atoms with Crippen LogP contribution in [0.3, 0.4) is 0 Å². The number of fused-ring (bicyclic) bond motifs is 1. The molecule has 6 heteroatoms. The lowest BCUT2D eigenvalue weighted by molar-refractivity contribution is 0.0693. The second kappa shape index (κ2) is 5.32. The van der Waals surface area contributed by atoms with Crippen LogP contribution < -0.4 is 11.1 Å². The second-order valence-corrected chi connectivity index (χ2v) is 5.17. The molecule has 0 unspecified atom stereocenters. The van der Waals surface area contributed by atoms with E-state index in [9.17, 15) is 9.59 Å². The van der Waals surface area contributed by atoms with Crippen molar-refractivity contribution in [2.45, 2.75) is 13.8 Å². The van der Waals surface area contributed by atoms with E-state index < -0.39 is 0 Å². The Morgan fingerprint density at radius 3 is 2.60 bits per heavy atom. The smallest absolute Gasteiger partial charge is 0.261 e. The number of carbonyl (C=O) groups excluding carboxylic acids is 2. The number of nitrogens with two attached hydrogens (primary N) is 1. The van der Waals surface area contributed by atoms with E-state index in [0.29, 0.717) is 35.2 Å². The lowest BCUT2D eigenvalue weighted by Gasteiger charge is -2.07. The predicted molar refractivity (Wildman–Crippen MR) is 77.8 cm³/mol. The van der Waals surface area contributed by atoms with Gasteiger partial charge in [-0.25, -0.2) is 0 Å². The van der Waals surface area contributed by atoms with Crippen LogP contribution in [0.15, 0.2) is 23.2 Å². The molecule has 6 nitrogen and oxygen atoms in total. The van der Waals surface area contributed by atoms with Crippen molar-refractivity contribution in [3.05, 3.63) is 29.3 Å². The van der Waals surface area contributed by atoms with E-state index in [0.717, 1.165) is 4.90 Å². The molecular formula is C14H18N4O2. The molecule has 0 spiro atoms. The fourth-order valence-corrected chi connectivity index (χ4v) is 1.91. The molecule has 0 bridgehead atoms. The van der Waals surface area contributed by atoms with E-state index in [1.165, 1.54) is 7.05 Å². The highest BCUT2D eigenvalue weighted by Crippen LogP contribution is 2.24. The highest BCUT2D eigenvalue weighted by Gasteiger charge is 2.32. The van der Waals surface area contributed by atoms with Crippen LogP contribution in [0.4, 0.5) is 5.69 Å². The zero-order chi connectivity index (χ0) is 14.9. The van der Waals surface area contributed by atoms with Gasteiger partial charge < -0.3 is 11.1 Å². The number of guanidine groups is 1. The van der Waals surface area contributed by atoms with Crippen molar-refractivity contribution in [3.63, 3.8) is 0 Å². The Hall–Kier alpha value is -2.37. The van der Waals surface area contributed by atoms with Crippen LogP contribution in [0.2, 0.25) is 0 Å². The lowest BCUT2D eigenvalue weighted by atomic mass is 10.1. The Bertz CT molecular complexity index is 593. The number of anilines is 1. The number of amides is 2. The highest BCUT2D eigenvalue weighted by atomic mass is 16.2. The van der Waals surface area contributed by atoms with Crippen LogP contribution >= 0.6 is 0 Å². The molecule has 20 heavy (non-hydrogen) atoms. The van der Waals surface area contributed by atoms with Crippen molar-refractivity contribution in [1.82, 2.24) is 4.90 Å². The summed E-state index contributed by atoms with van der Waals surface area (Å²) in [6.45, 7) is 4.72. The zero-order valence-electron chi connectivity index (χ0n) is 11.8. The summed E-state index contributed by atoms with van der Waals surface area (Å²) in [5.74, 6) is 0.135. The summed E-state index contributed by atoms with van der Waals surface area (Å²) < 4.78 is 0. The molecular weight excluding hydrogens is 256 g/mol. The van der Waals surface area contributed by atoms with Gasteiger partial charge in [-0.05, 0) is 24.1 Å². The van der Waals surface area contributed by atoms with Gasteiger partial charge in [0.05, 0.1) is 11.1 Å². The average molecular weight is 274 g/mol. The van der Waals surface area contributed by atoms with Crippen molar-refractivity contribution in [2.24, 2.45) is 16.6 Å². The molecule has 1 aliphatic heterocycles. The monoisotopic (exact) mass is 274 g/mol. The molecule has 1 heterocycles. The average Bonchev–Trinajstić information content (AvgIpc) is 2.62. The van der Waals surface area contributed by atoms with E-state index in [1.807, 2.05) is 13.8 Å². The Morgan fingerprint density at radius 1 is 1.30 bits per heavy atom. The first-order chi connectivity index (χ1) is 9.40. The van der Waals surface area contributed by atoms with Crippen LogP contribution in [0.1, 0.15) is 34.6 Å². The van der Waals surface area contributed by atoms with Gasteiger partial charge in [-0.2, -0.15) is 0 Å². The molecule has 1 aromatic carbocycles. The van der Waals surface area contributed by atoms with Crippen molar-refractivity contribution < 1.29 is 9.59 Å². The third-order valence-electron chi connectivity index (χ3n) is 2.99. The molecule has 0 fully saturated rings. The van der Waals surface area contributed by atoms with Crippen LogP contribution in [-0.2, 0) is 0 Å². The van der Waals surface area contributed by atoms with Gasteiger partial charge in [0.15, 0.2) is 5.96 Å². The third kappa shape index (κ3) is 2.64. The molecule has 0 radical (unpaired) electrons. The van der Waals surface area contributed by atoms with Crippen LogP contribution in [0, 0.1) is 5.92 Å². The number of benzene rings is 1. The van der Waals surface area contributed by atoms with E-state index in [4.69, 9.17) is 5.73 Å². The van der Waals surface area contributed by atoms with Crippen molar-refractivity contribution in [1.29, 1.82) is 0 Å². The SMILES string of the molecule is CC(C)CN=C(N)Nc1ccc2c(c1)C(=O)N(C)C2=O. The maximum absolute atomic E-state index is 11.9. The van der Waals surface area contributed by atoms with Crippen LogP contribution in [0.25, 0.3) is 0 Å². The summed E-state index contributed by atoms with van der Waals surface area (Å²) in [6.07, 6.45) is 0. The van der Waals surface area contributed by atoms with Gasteiger partial charge in [0, 0.05) is 19.3 Å². The van der Waals surface area contributed by atoms with Crippen molar-refractivity contribution in [2.75, 3.05) is 18.9 Å². The standard InChI is InChI=1S/C14H18N4O2/c1-8(2)7-16-14(15)17-9-4-5-10-11(6-9)13(20)18(3)12(10)19/h4-6,8H,7H2,1-3H3,(H3,15,16,17). The topological polar surface area (TPSA) is 87.8 Å². The highest BCUT2D eigenvalue weighted by molar-refractivity contribution is 6.21. The van der Waals surface area contributed by atoms with E-state index in [-0.39, 0.29) is 11.8 Å². The van der Waals surface area contributed by atoms with Crippen LogP contribution in [0.5, 0.6) is 0 Å². The summed E-state index contributed by atoms with van der Waals surface area (Å²) in [6, 6.07) is 4.95. The number of imide groups is 1. The molecule has 0 atom stereocenters. The van der Waals surface area contributed by atoms with Gasteiger partial charge in [0.25, 0.3) is 11.8 Å². The van der Waals surface area contributed by atoms with Gasteiger partial charge in [0.2, 0.25) is 0 Å². The quantitative estimate of drug-likeness (QED) is 0.494. The fourth-order valence-electron chi connectivity index (χ4n) is 1.91. The minimum absolute atomic E-state index is 0.280. The minimum Gasteiger partial charge on any atom is -0.370 e. The Kier molecular flexibility index (Phi) is 3.74. The van der Waals surface area contributed by atoms with E-state index in [2.05, 4.69) is 10.3 Å². The maximum Gasteiger partial charge on any atom is 0.261 e. The number of nitrogens with zero attached hydrogens (tertiary/aromatic N) is 2. The molecule has 2 amide bonds. The number of hydrogen-bond donors (Lipinski definition) is 2. The minimum atomic E-state index is -0.300. The molecule has 1 aromatic rings. The summed E-state index contributed by atoms with van der Waals surface area (Å²) in [5, 5.41) is 2.92. The summed E-state index contributed by atoms with van der Waals surface area (Å²) in [4.78, 5) is 28.9. The predicted octanol–water partition coefficient (Wildman–Crippen LogP) is 1.30. The molecule has 2 rings (SSSR count). The van der Waals surface area contributed by atoms with Crippen molar-refractivity contribution in [3.8, 4) is 0 Å². The van der Waals surface area contributed by atoms with Gasteiger partial charge in [-0.1, -0.05) is 13.8 Å². The van der Waals surface area contributed by atoms with E-state index in [1.54, 1.807) is 18.2 Å². The fraction of sp³-hybridized carbons (Fsp3) is 0.357. The first-order valence-electron chi connectivity index (χ1n) is 6.43. The zero-order valence-corrected chi connectivity index (χ0v) is 11.8. The lowest BCUT2D eigenvalue weighted by Crippen LogP contribution is -2.24. The molecule has 3 N–H and O–H groups in total. The number of carbonyl (C=O) groups is 2. The summed E-state index contributed by atoms with van der Waals surface area (Å²) in [5.41, 5.74) is 7.21. The molecule has 0 aromatic heterocycles. The molecule has 0 saturated heterocycles. The normalized spacial score (nSPS) is 15.0. The molecule has 0 aliphatic carbocycles. The van der Waals surface area contributed by atoms with E-state index >= 15 is 0 Å². The summed E-state index contributed by atoms with van der Waals surface area (Å²) in [7, 11) is 1.47. The molecule has 106 valence electrons. The number of hydrogen-bond acceptors (Lipinski definition) is 3. The first kappa shape index (κ1) is 14.0. The Balaban J connectivity index is 2.19. The molecule has 0 saturated carbocycles. The van der Waals surface area contributed by atoms with Gasteiger partial charge in [0.1, 0.15) is 0 Å². The Morgan fingerprint density at radius 2 is 1.95 bits per heavy atom. The summed E-state index contributed by atoms with van der Waals surface area (Å²) >= 11 is 0.